The van der Waals surface area contributed by atoms with Crippen molar-refractivity contribution in [3.63, 3.8) is 0 Å². The summed E-state index contributed by atoms with van der Waals surface area (Å²) in [7, 11) is 1.67. The molecule has 0 fully saturated rings. The van der Waals surface area contributed by atoms with E-state index in [9.17, 15) is 14.4 Å². The minimum Gasteiger partial charge on any atom is -0.354 e. The maximum absolute atomic E-state index is 13.3. The van der Waals surface area contributed by atoms with Crippen molar-refractivity contribution < 1.29 is 14.4 Å². The van der Waals surface area contributed by atoms with E-state index < -0.39 is 12.1 Å². The molecule has 188 valence electrons. The SMILES string of the molecule is CC[C@H](C)[C@@H]1NCCCC/C=C\CCNC(=O)[C@@H](Cc2ccccc2)NC(=O)[C@@H](C)N(C)C1=O. The lowest BCUT2D eigenvalue weighted by Gasteiger charge is -2.32. The summed E-state index contributed by atoms with van der Waals surface area (Å²) >= 11 is 0. The Morgan fingerprint density at radius 3 is 2.41 bits per heavy atom. The molecule has 0 unspecified atom stereocenters. The van der Waals surface area contributed by atoms with Crippen molar-refractivity contribution >= 4 is 17.7 Å². The van der Waals surface area contributed by atoms with Gasteiger partial charge < -0.3 is 20.9 Å². The number of rotatable bonds is 4. The number of allylic oxidation sites excluding steroid dienone is 1. The van der Waals surface area contributed by atoms with E-state index in [1.165, 1.54) is 4.90 Å². The second-order valence-electron chi connectivity index (χ2n) is 9.24. The minimum atomic E-state index is -0.716. The lowest BCUT2D eigenvalue weighted by Crippen LogP contribution is -2.57. The molecule has 2 rings (SSSR count). The highest BCUT2D eigenvalue weighted by molar-refractivity contribution is 5.93. The van der Waals surface area contributed by atoms with Crippen molar-refractivity contribution in [2.45, 2.75) is 77.4 Å². The maximum atomic E-state index is 13.3. The average Bonchev–Trinajstić information content (AvgIpc) is 2.85. The lowest BCUT2D eigenvalue weighted by atomic mass is 9.97. The van der Waals surface area contributed by atoms with E-state index in [-0.39, 0.29) is 29.7 Å². The Kier molecular flexibility index (Phi) is 11.8. The first-order valence-corrected chi connectivity index (χ1v) is 12.6. The first-order chi connectivity index (χ1) is 16.3. The molecule has 0 aliphatic carbocycles. The molecule has 0 aromatic heterocycles. The van der Waals surface area contributed by atoms with Crippen molar-refractivity contribution in [3.8, 4) is 0 Å². The summed E-state index contributed by atoms with van der Waals surface area (Å²) in [6.07, 6.45) is 9.21. The van der Waals surface area contributed by atoms with Gasteiger partial charge in [0.2, 0.25) is 17.7 Å². The molecular weight excluding hydrogens is 428 g/mol. The van der Waals surface area contributed by atoms with Crippen LogP contribution in [0.4, 0.5) is 0 Å². The predicted octanol–water partition coefficient (Wildman–Crippen LogP) is 2.81. The third-order valence-corrected chi connectivity index (χ3v) is 6.64. The number of benzene rings is 1. The molecule has 4 atom stereocenters. The Balaban J connectivity index is 2.22. The van der Waals surface area contributed by atoms with Crippen LogP contribution >= 0.6 is 0 Å². The topological polar surface area (TPSA) is 90.5 Å². The van der Waals surface area contributed by atoms with E-state index in [1.807, 2.05) is 30.3 Å². The van der Waals surface area contributed by atoms with Gasteiger partial charge in [0, 0.05) is 20.0 Å². The molecule has 0 bridgehead atoms. The van der Waals surface area contributed by atoms with Gasteiger partial charge in [-0.2, -0.15) is 0 Å². The molecule has 34 heavy (non-hydrogen) atoms. The molecule has 1 aromatic rings. The third-order valence-electron chi connectivity index (χ3n) is 6.64. The van der Waals surface area contributed by atoms with Crippen molar-refractivity contribution in [3.05, 3.63) is 48.0 Å². The number of amides is 3. The van der Waals surface area contributed by atoms with Crippen LogP contribution in [0, 0.1) is 5.92 Å². The Bertz CT molecular complexity index is 811. The second kappa shape index (κ2) is 14.6. The summed E-state index contributed by atoms with van der Waals surface area (Å²) in [6.45, 7) is 7.12. The number of nitrogens with one attached hydrogen (secondary N) is 3. The van der Waals surface area contributed by atoms with Gasteiger partial charge in [0.25, 0.3) is 0 Å². The van der Waals surface area contributed by atoms with E-state index in [1.54, 1.807) is 14.0 Å². The van der Waals surface area contributed by atoms with Crippen LogP contribution in [0.5, 0.6) is 0 Å². The Labute approximate surface area is 204 Å². The molecule has 3 N–H and O–H groups in total. The number of carbonyl (C=O) groups excluding carboxylic acids is 3. The zero-order chi connectivity index (χ0) is 24.9. The highest BCUT2D eigenvalue weighted by Crippen LogP contribution is 2.13. The van der Waals surface area contributed by atoms with Gasteiger partial charge in [0.15, 0.2) is 0 Å². The van der Waals surface area contributed by atoms with Gasteiger partial charge in [-0.1, -0.05) is 62.8 Å². The van der Waals surface area contributed by atoms with Gasteiger partial charge in [-0.3, -0.25) is 14.4 Å². The van der Waals surface area contributed by atoms with Crippen LogP contribution in [0.25, 0.3) is 0 Å². The van der Waals surface area contributed by atoms with Crippen molar-refractivity contribution in [2.75, 3.05) is 20.1 Å². The number of hydrogen-bond acceptors (Lipinski definition) is 4. The lowest BCUT2D eigenvalue weighted by molar-refractivity contribution is -0.141. The molecule has 1 aromatic carbocycles. The molecule has 0 saturated carbocycles. The number of nitrogens with zero attached hydrogens (tertiary/aromatic N) is 1. The number of hydrogen-bond donors (Lipinski definition) is 3. The van der Waals surface area contributed by atoms with E-state index in [4.69, 9.17) is 0 Å². The molecule has 0 saturated heterocycles. The molecule has 3 amide bonds. The van der Waals surface area contributed by atoms with Gasteiger partial charge in [-0.25, -0.2) is 0 Å². The molecule has 7 nitrogen and oxygen atoms in total. The molecular formula is C27H42N4O3. The monoisotopic (exact) mass is 470 g/mol. The molecule has 1 aliphatic rings. The van der Waals surface area contributed by atoms with Crippen LogP contribution in [0.1, 0.15) is 58.4 Å². The summed E-state index contributed by atoms with van der Waals surface area (Å²) in [5, 5.41) is 9.27. The predicted molar refractivity (Wildman–Crippen MR) is 136 cm³/mol. The molecule has 0 radical (unpaired) electrons. The normalized spacial score (nSPS) is 26.1. The number of likely N-dealkylation sites (N-methyl/N-ethyl adjacent to an activating group) is 1. The minimum absolute atomic E-state index is 0.0953. The molecule has 0 spiro atoms. The first-order valence-electron chi connectivity index (χ1n) is 12.6. The van der Waals surface area contributed by atoms with Gasteiger partial charge >= 0.3 is 0 Å². The van der Waals surface area contributed by atoms with Crippen molar-refractivity contribution in [1.82, 2.24) is 20.9 Å². The largest absolute Gasteiger partial charge is 0.354 e. The Morgan fingerprint density at radius 2 is 1.71 bits per heavy atom. The van der Waals surface area contributed by atoms with E-state index in [0.29, 0.717) is 13.0 Å². The van der Waals surface area contributed by atoms with Crippen LogP contribution in [0.2, 0.25) is 0 Å². The highest BCUT2D eigenvalue weighted by Gasteiger charge is 2.32. The fourth-order valence-electron chi connectivity index (χ4n) is 3.99. The van der Waals surface area contributed by atoms with Crippen LogP contribution in [-0.4, -0.2) is 60.9 Å². The van der Waals surface area contributed by atoms with Crippen LogP contribution in [-0.2, 0) is 20.8 Å². The van der Waals surface area contributed by atoms with E-state index in [0.717, 1.165) is 44.2 Å². The molecule has 7 heteroatoms. The Morgan fingerprint density at radius 1 is 1.00 bits per heavy atom. The quantitative estimate of drug-likeness (QED) is 0.590. The van der Waals surface area contributed by atoms with Crippen LogP contribution in [0.15, 0.2) is 42.5 Å². The number of carbonyl (C=O) groups is 3. The van der Waals surface area contributed by atoms with Crippen LogP contribution < -0.4 is 16.0 Å². The van der Waals surface area contributed by atoms with Gasteiger partial charge in [-0.05, 0) is 50.6 Å². The zero-order valence-corrected chi connectivity index (χ0v) is 21.2. The van der Waals surface area contributed by atoms with Crippen LogP contribution in [0.3, 0.4) is 0 Å². The van der Waals surface area contributed by atoms with Crippen molar-refractivity contribution in [2.24, 2.45) is 5.92 Å². The third kappa shape index (κ3) is 8.60. The second-order valence-corrected chi connectivity index (χ2v) is 9.24. The first kappa shape index (κ1) is 27.6. The van der Waals surface area contributed by atoms with Gasteiger partial charge in [0.05, 0.1) is 6.04 Å². The smallest absolute Gasteiger partial charge is 0.243 e. The Hall–Kier alpha value is -2.67. The summed E-state index contributed by atoms with van der Waals surface area (Å²) in [5.74, 6) is -0.503. The summed E-state index contributed by atoms with van der Waals surface area (Å²) < 4.78 is 0. The van der Waals surface area contributed by atoms with Crippen molar-refractivity contribution in [1.29, 1.82) is 0 Å². The highest BCUT2D eigenvalue weighted by atomic mass is 16.2. The zero-order valence-electron chi connectivity index (χ0n) is 21.2. The van der Waals surface area contributed by atoms with Gasteiger partial charge in [-0.15, -0.1) is 0 Å². The summed E-state index contributed by atoms with van der Waals surface area (Å²) in [5.41, 5.74) is 0.961. The van der Waals surface area contributed by atoms with E-state index in [2.05, 4.69) is 41.9 Å². The fraction of sp³-hybridized carbons (Fsp3) is 0.593. The molecule has 1 aliphatic heterocycles. The maximum Gasteiger partial charge on any atom is 0.243 e. The van der Waals surface area contributed by atoms with Gasteiger partial charge in [0.1, 0.15) is 12.1 Å². The summed E-state index contributed by atoms with van der Waals surface area (Å²) in [4.78, 5) is 40.9. The standard InChI is InChI=1S/C27H42N4O3/c1-5-20(2)24-27(34)31(4)21(3)25(32)30-23(19-22-15-11-10-12-16-22)26(33)29-18-14-9-7-6-8-13-17-28-24/h7,9-12,15-16,20-21,23-24,28H,5-6,8,13-14,17-19H2,1-4H3,(H,29,33)(H,30,32)/b9-7-/t20-,21+,23+,24-/m0/s1. The fourth-order valence-corrected chi connectivity index (χ4v) is 3.99. The summed E-state index contributed by atoms with van der Waals surface area (Å²) in [6, 6.07) is 7.87. The average molecular weight is 471 g/mol. The van der Waals surface area contributed by atoms with E-state index >= 15 is 0 Å². The molecule has 1 heterocycles.